The Morgan fingerprint density at radius 3 is 2.08 bits per heavy atom. The fourth-order valence-corrected chi connectivity index (χ4v) is 9.82. The van der Waals surface area contributed by atoms with Crippen LogP contribution in [0, 0.1) is 41.4 Å². The van der Waals surface area contributed by atoms with Crippen LogP contribution in [0.15, 0.2) is 0 Å². The number of nitrogens with zero attached hydrogens (tertiary/aromatic N) is 2. The Morgan fingerprint density at radius 1 is 0.854 bits per heavy atom. The lowest BCUT2D eigenvalue weighted by molar-refractivity contribution is -0.139. The van der Waals surface area contributed by atoms with Crippen molar-refractivity contribution in [1.82, 2.24) is 20.1 Å². The third-order valence-corrected chi connectivity index (χ3v) is 12.1. The summed E-state index contributed by atoms with van der Waals surface area (Å²) in [5.41, 5.74) is 0. The van der Waals surface area contributed by atoms with Crippen LogP contribution >= 0.6 is 0 Å². The zero-order chi connectivity index (χ0) is 35.1. The van der Waals surface area contributed by atoms with Crippen molar-refractivity contribution >= 4 is 21.8 Å². The maximum absolute atomic E-state index is 14.0. The van der Waals surface area contributed by atoms with E-state index in [0.717, 1.165) is 57.8 Å². The summed E-state index contributed by atoms with van der Waals surface area (Å²) < 4.78 is 26.4. The van der Waals surface area contributed by atoms with Crippen molar-refractivity contribution in [3.8, 4) is 11.8 Å². The fraction of sp³-hybridized carbons (Fsp3) is 0.892. The number of carbonyl (C=O) groups is 2. The predicted octanol–water partition coefficient (Wildman–Crippen LogP) is 4.60. The molecule has 4 N–H and O–H groups in total. The van der Waals surface area contributed by atoms with Gasteiger partial charge in [0.1, 0.15) is 0 Å². The number of sulfonamides is 1. The van der Waals surface area contributed by atoms with Crippen molar-refractivity contribution in [1.29, 1.82) is 0 Å². The Morgan fingerprint density at radius 2 is 1.48 bits per heavy atom. The van der Waals surface area contributed by atoms with Crippen LogP contribution in [0.3, 0.4) is 0 Å². The fourth-order valence-electron chi connectivity index (χ4n) is 8.23. The summed E-state index contributed by atoms with van der Waals surface area (Å²) in [4.78, 5) is 32.4. The van der Waals surface area contributed by atoms with E-state index in [1.54, 1.807) is 11.9 Å². The van der Waals surface area contributed by atoms with E-state index in [0.29, 0.717) is 64.6 Å². The number of carbonyl (C=O) groups excluding carboxylic acids is 2. The Balaban J connectivity index is 1.76. The molecule has 0 aliphatic heterocycles. The highest BCUT2D eigenvalue weighted by atomic mass is 32.2. The predicted molar refractivity (Wildman–Crippen MR) is 191 cm³/mol. The number of hydrogen-bond acceptors (Lipinski definition) is 7. The van der Waals surface area contributed by atoms with Gasteiger partial charge in [0, 0.05) is 43.9 Å². The molecule has 0 aromatic heterocycles. The number of aliphatic hydroxyl groups excluding tert-OH is 2. The van der Waals surface area contributed by atoms with Crippen LogP contribution in [0.5, 0.6) is 0 Å². The van der Waals surface area contributed by atoms with E-state index < -0.39 is 28.1 Å². The minimum absolute atomic E-state index is 0.0523. The first-order valence-electron chi connectivity index (χ1n) is 19.1. The molecule has 3 fully saturated rings. The molecule has 5 unspecified atom stereocenters. The van der Waals surface area contributed by atoms with Gasteiger partial charge in [-0.2, -0.15) is 0 Å². The summed E-state index contributed by atoms with van der Waals surface area (Å²) in [6.07, 6.45) is 11.5. The second-order valence-corrected chi connectivity index (χ2v) is 16.7. The molecule has 0 spiro atoms. The summed E-state index contributed by atoms with van der Waals surface area (Å²) in [5, 5.41) is 26.6. The highest BCUT2D eigenvalue weighted by Crippen LogP contribution is 2.35. The monoisotopic (exact) mass is 694 g/mol. The van der Waals surface area contributed by atoms with E-state index in [2.05, 4.69) is 35.8 Å². The SMILES string of the molecule is CC#CC1CC(C(=O)NC(CC2CCC(O)CC2)C(O)CN(CCC)NS(=O)(=O)CC2CCCCC2)CC(C(=O)N(CCC)CCC)C1. The molecule has 0 heterocycles. The van der Waals surface area contributed by atoms with Crippen molar-refractivity contribution in [2.45, 2.75) is 149 Å². The molecule has 0 aromatic carbocycles. The van der Waals surface area contributed by atoms with Gasteiger partial charge in [-0.3, -0.25) is 9.59 Å². The van der Waals surface area contributed by atoms with Crippen molar-refractivity contribution in [3.05, 3.63) is 0 Å². The van der Waals surface area contributed by atoms with E-state index in [1.165, 1.54) is 0 Å². The molecular formula is C37H66N4O6S. The van der Waals surface area contributed by atoms with Gasteiger partial charge in [-0.05, 0) is 102 Å². The molecular weight excluding hydrogens is 628 g/mol. The van der Waals surface area contributed by atoms with E-state index in [-0.39, 0.29) is 53.9 Å². The molecule has 276 valence electrons. The summed E-state index contributed by atoms with van der Waals surface area (Å²) >= 11 is 0. The summed E-state index contributed by atoms with van der Waals surface area (Å²) in [5.74, 6) is 5.91. The zero-order valence-electron chi connectivity index (χ0n) is 30.3. The van der Waals surface area contributed by atoms with Crippen LogP contribution in [0.2, 0.25) is 0 Å². The summed E-state index contributed by atoms with van der Waals surface area (Å²) in [6.45, 7) is 9.80. The largest absolute Gasteiger partial charge is 0.393 e. The van der Waals surface area contributed by atoms with E-state index in [9.17, 15) is 28.2 Å². The minimum atomic E-state index is -3.59. The van der Waals surface area contributed by atoms with Crippen molar-refractivity contribution in [3.63, 3.8) is 0 Å². The Hall–Kier alpha value is -1.71. The van der Waals surface area contributed by atoms with Crippen LogP contribution in [-0.4, -0.2) is 90.5 Å². The topological polar surface area (TPSA) is 139 Å². The Kier molecular flexibility index (Phi) is 17.7. The second kappa shape index (κ2) is 20.8. The summed E-state index contributed by atoms with van der Waals surface area (Å²) in [6, 6.07) is -0.594. The molecule has 48 heavy (non-hydrogen) atoms. The Labute approximate surface area is 291 Å². The molecule has 0 aromatic rings. The number of hydrogen-bond donors (Lipinski definition) is 4. The van der Waals surface area contributed by atoms with Gasteiger partial charge in [0.05, 0.1) is 24.0 Å². The highest BCUT2D eigenvalue weighted by molar-refractivity contribution is 7.89. The molecule has 3 aliphatic carbocycles. The van der Waals surface area contributed by atoms with E-state index >= 15 is 0 Å². The minimum Gasteiger partial charge on any atom is -0.393 e. The molecule has 3 saturated carbocycles. The normalized spacial score (nSPS) is 26.7. The molecule has 0 saturated heterocycles. The van der Waals surface area contributed by atoms with E-state index in [1.807, 2.05) is 11.8 Å². The summed E-state index contributed by atoms with van der Waals surface area (Å²) in [7, 11) is -3.59. The quantitative estimate of drug-likeness (QED) is 0.122. The lowest BCUT2D eigenvalue weighted by Gasteiger charge is -2.37. The first-order chi connectivity index (χ1) is 23.0. The number of rotatable bonds is 18. The van der Waals surface area contributed by atoms with Gasteiger partial charge in [0.15, 0.2) is 0 Å². The van der Waals surface area contributed by atoms with Gasteiger partial charge >= 0.3 is 0 Å². The average Bonchev–Trinajstić information content (AvgIpc) is 3.05. The van der Waals surface area contributed by atoms with E-state index in [4.69, 9.17) is 0 Å². The molecule has 10 nitrogen and oxygen atoms in total. The zero-order valence-corrected chi connectivity index (χ0v) is 31.1. The maximum atomic E-state index is 14.0. The van der Waals surface area contributed by atoms with Crippen LogP contribution in [0.25, 0.3) is 0 Å². The third kappa shape index (κ3) is 13.5. The number of amides is 2. The molecule has 2 amide bonds. The number of nitrogens with one attached hydrogen (secondary N) is 2. The van der Waals surface area contributed by atoms with Crippen LogP contribution in [0.1, 0.15) is 130 Å². The third-order valence-electron chi connectivity index (χ3n) is 10.6. The van der Waals surface area contributed by atoms with Gasteiger partial charge in [0.25, 0.3) is 0 Å². The molecule has 3 aliphatic rings. The van der Waals surface area contributed by atoms with Gasteiger partial charge < -0.3 is 20.4 Å². The molecule has 0 radical (unpaired) electrons. The standard InChI is InChI=1S/C37H66N4O6S/c1-5-12-30-22-31(25-32(23-30)37(45)40(19-6-2)20-7-3)36(44)38-34(24-28-15-17-33(42)18-16-28)35(43)26-41(21-8-4)39-48(46,47)27-29-13-10-9-11-14-29/h28-35,39,42-43H,6-11,13-27H2,1-4H3,(H,38,44). The van der Waals surface area contributed by atoms with Crippen molar-refractivity contribution in [2.75, 3.05) is 31.9 Å². The molecule has 11 heteroatoms. The Bertz CT molecular complexity index is 1140. The first kappa shape index (κ1) is 40.7. The number of aliphatic hydroxyl groups is 2. The molecule has 5 atom stereocenters. The van der Waals surface area contributed by atoms with Crippen LogP contribution < -0.4 is 10.1 Å². The highest BCUT2D eigenvalue weighted by Gasteiger charge is 2.39. The number of hydrazine groups is 1. The smallest absolute Gasteiger partial charge is 0.225 e. The second-order valence-electron chi connectivity index (χ2n) is 14.9. The lowest BCUT2D eigenvalue weighted by Crippen LogP contribution is -2.55. The van der Waals surface area contributed by atoms with Crippen molar-refractivity contribution in [2.24, 2.45) is 29.6 Å². The van der Waals surface area contributed by atoms with Gasteiger partial charge in [-0.15, -0.1) is 16.7 Å². The van der Waals surface area contributed by atoms with Gasteiger partial charge in [-0.1, -0.05) is 40.0 Å². The average molecular weight is 695 g/mol. The van der Waals surface area contributed by atoms with Crippen LogP contribution in [-0.2, 0) is 19.6 Å². The van der Waals surface area contributed by atoms with Crippen molar-refractivity contribution < 1.29 is 28.2 Å². The maximum Gasteiger partial charge on any atom is 0.225 e. The van der Waals surface area contributed by atoms with Crippen LogP contribution in [0.4, 0.5) is 0 Å². The van der Waals surface area contributed by atoms with Gasteiger partial charge in [0.2, 0.25) is 21.8 Å². The lowest BCUT2D eigenvalue weighted by atomic mass is 9.74. The molecule has 0 bridgehead atoms. The molecule has 3 rings (SSSR count). The van der Waals surface area contributed by atoms with Gasteiger partial charge in [-0.25, -0.2) is 13.4 Å². The first-order valence-corrected chi connectivity index (χ1v) is 20.8.